The number of carbonyl (C=O) groups is 2. The standard InChI is InChI=1S/C16H10N2O4/c19-15-9-14(12-6-1-2-7-13(12)16(15)20)17-10-4-3-5-11(8-10)18(21)22/h1-9,17H. The summed E-state index contributed by atoms with van der Waals surface area (Å²) in [5.41, 5.74) is 1.77. The summed E-state index contributed by atoms with van der Waals surface area (Å²) in [6, 6.07) is 12.7. The number of nitrogens with zero attached hydrogens (tertiary/aromatic N) is 1. The Bertz CT molecular complexity index is 840. The smallest absolute Gasteiger partial charge is 0.271 e. The molecule has 6 nitrogen and oxygen atoms in total. The summed E-state index contributed by atoms with van der Waals surface area (Å²) in [5, 5.41) is 13.8. The molecule has 0 spiro atoms. The van der Waals surface area contributed by atoms with E-state index >= 15 is 0 Å². The van der Waals surface area contributed by atoms with Crippen LogP contribution in [-0.2, 0) is 4.79 Å². The Labute approximate surface area is 125 Å². The van der Waals surface area contributed by atoms with Crippen LogP contribution >= 0.6 is 0 Å². The van der Waals surface area contributed by atoms with Crippen LogP contribution in [0.25, 0.3) is 5.70 Å². The number of nitro groups is 1. The predicted molar refractivity (Wildman–Crippen MR) is 80.5 cm³/mol. The van der Waals surface area contributed by atoms with Gasteiger partial charge in [-0.05, 0) is 6.07 Å². The second-order valence-electron chi connectivity index (χ2n) is 4.73. The summed E-state index contributed by atoms with van der Waals surface area (Å²) in [5.74, 6) is -1.17. The van der Waals surface area contributed by atoms with Crippen LogP contribution in [-0.4, -0.2) is 16.5 Å². The third-order valence-electron chi connectivity index (χ3n) is 3.30. The molecule has 0 atom stereocenters. The fourth-order valence-electron chi connectivity index (χ4n) is 2.28. The summed E-state index contributed by atoms with van der Waals surface area (Å²) in [7, 11) is 0. The van der Waals surface area contributed by atoms with E-state index in [9.17, 15) is 19.7 Å². The zero-order valence-corrected chi connectivity index (χ0v) is 11.3. The molecule has 108 valence electrons. The highest BCUT2D eigenvalue weighted by Gasteiger charge is 2.25. The molecule has 0 aliphatic heterocycles. The molecule has 0 heterocycles. The zero-order chi connectivity index (χ0) is 15.7. The minimum Gasteiger partial charge on any atom is -0.355 e. The number of ketones is 2. The van der Waals surface area contributed by atoms with Crippen molar-refractivity contribution in [2.24, 2.45) is 0 Å². The van der Waals surface area contributed by atoms with Gasteiger partial charge >= 0.3 is 0 Å². The van der Waals surface area contributed by atoms with Crippen molar-refractivity contribution in [3.8, 4) is 0 Å². The van der Waals surface area contributed by atoms with E-state index in [1.165, 1.54) is 18.2 Å². The Hall–Kier alpha value is -3.28. The normalized spacial score (nSPS) is 13.4. The molecule has 2 aromatic rings. The molecule has 1 N–H and O–H groups in total. The third kappa shape index (κ3) is 2.37. The average molecular weight is 294 g/mol. The van der Waals surface area contributed by atoms with Crippen molar-refractivity contribution in [1.82, 2.24) is 0 Å². The highest BCUT2D eigenvalue weighted by atomic mass is 16.6. The Morgan fingerprint density at radius 1 is 0.955 bits per heavy atom. The van der Waals surface area contributed by atoms with Crippen LogP contribution in [0.3, 0.4) is 0 Å². The van der Waals surface area contributed by atoms with Gasteiger partial charge in [0.15, 0.2) is 0 Å². The first kappa shape index (κ1) is 13.7. The molecular weight excluding hydrogens is 284 g/mol. The van der Waals surface area contributed by atoms with E-state index < -0.39 is 16.5 Å². The van der Waals surface area contributed by atoms with Crippen LogP contribution in [0, 0.1) is 10.1 Å². The molecule has 22 heavy (non-hydrogen) atoms. The van der Waals surface area contributed by atoms with Gasteiger partial charge < -0.3 is 5.32 Å². The van der Waals surface area contributed by atoms with E-state index in [-0.39, 0.29) is 5.69 Å². The number of allylic oxidation sites excluding steroid dienone is 1. The fourth-order valence-corrected chi connectivity index (χ4v) is 2.28. The summed E-state index contributed by atoms with van der Waals surface area (Å²) in [4.78, 5) is 33.9. The van der Waals surface area contributed by atoms with Gasteiger partial charge in [-0.2, -0.15) is 0 Å². The minimum absolute atomic E-state index is 0.0582. The van der Waals surface area contributed by atoms with Gasteiger partial charge in [0, 0.05) is 35.0 Å². The minimum atomic E-state index is -0.619. The summed E-state index contributed by atoms with van der Waals surface area (Å²) in [6.45, 7) is 0. The van der Waals surface area contributed by atoms with Crippen molar-refractivity contribution in [3.63, 3.8) is 0 Å². The van der Waals surface area contributed by atoms with Gasteiger partial charge in [0.25, 0.3) is 5.69 Å². The average Bonchev–Trinajstić information content (AvgIpc) is 2.52. The van der Waals surface area contributed by atoms with E-state index in [1.54, 1.807) is 36.4 Å². The molecule has 0 saturated carbocycles. The highest BCUT2D eigenvalue weighted by Crippen LogP contribution is 2.27. The molecule has 3 rings (SSSR count). The molecule has 0 saturated heterocycles. The predicted octanol–water partition coefficient (Wildman–Crippen LogP) is 2.81. The largest absolute Gasteiger partial charge is 0.355 e. The number of nitro benzene ring substituents is 1. The van der Waals surface area contributed by atoms with Gasteiger partial charge in [-0.1, -0.05) is 30.3 Å². The van der Waals surface area contributed by atoms with Crippen molar-refractivity contribution in [3.05, 3.63) is 75.8 Å². The second kappa shape index (κ2) is 5.25. The van der Waals surface area contributed by atoms with E-state index in [0.29, 0.717) is 22.5 Å². The zero-order valence-electron chi connectivity index (χ0n) is 11.3. The van der Waals surface area contributed by atoms with E-state index in [1.807, 2.05) is 0 Å². The monoisotopic (exact) mass is 294 g/mol. The molecular formula is C16H10N2O4. The van der Waals surface area contributed by atoms with Crippen molar-refractivity contribution in [1.29, 1.82) is 0 Å². The number of rotatable bonds is 3. The SMILES string of the molecule is O=C1C=C(Nc2cccc([N+](=O)[O-])c2)c2ccccc2C1=O. The number of nitrogens with one attached hydrogen (secondary N) is 1. The lowest BCUT2D eigenvalue weighted by molar-refractivity contribution is -0.384. The summed E-state index contributed by atoms with van der Waals surface area (Å²) < 4.78 is 0. The number of hydrogen-bond acceptors (Lipinski definition) is 5. The molecule has 0 amide bonds. The van der Waals surface area contributed by atoms with Gasteiger partial charge in [0.05, 0.1) is 10.6 Å². The maximum absolute atomic E-state index is 11.8. The number of fused-ring (bicyclic) bond motifs is 1. The highest BCUT2D eigenvalue weighted by molar-refractivity contribution is 6.50. The van der Waals surface area contributed by atoms with Crippen LogP contribution in [0.2, 0.25) is 0 Å². The van der Waals surface area contributed by atoms with Gasteiger partial charge in [-0.15, -0.1) is 0 Å². The number of benzene rings is 2. The van der Waals surface area contributed by atoms with Crippen LogP contribution in [0.5, 0.6) is 0 Å². The number of Topliss-reactive ketones (excluding diaryl/α,β-unsaturated/α-hetero) is 1. The molecule has 2 aromatic carbocycles. The lowest BCUT2D eigenvalue weighted by atomic mass is 9.92. The number of carbonyl (C=O) groups excluding carboxylic acids is 2. The van der Waals surface area contributed by atoms with Crippen molar-refractivity contribution in [2.75, 3.05) is 5.32 Å². The molecule has 1 aliphatic rings. The number of hydrogen-bond donors (Lipinski definition) is 1. The molecule has 0 radical (unpaired) electrons. The molecule has 6 heteroatoms. The van der Waals surface area contributed by atoms with E-state index in [0.717, 1.165) is 0 Å². The second-order valence-corrected chi connectivity index (χ2v) is 4.73. The topological polar surface area (TPSA) is 89.3 Å². The van der Waals surface area contributed by atoms with Crippen molar-refractivity contribution < 1.29 is 14.5 Å². The maximum atomic E-state index is 11.8. The van der Waals surface area contributed by atoms with E-state index in [2.05, 4.69) is 5.32 Å². The van der Waals surface area contributed by atoms with E-state index in [4.69, 9.17) is 0 Å². The first-order valence-corrected chi connectivity index (χ1v) is 6.47. The van der Waals surface area contributed by atoms with Gasteiger partial charge in [0.2, 0.25) is 11.6 Å². The molecule has 0 fully saturated rings. The number of non-ortho nitro benzene ring substituents is 1. The van der Waals surface area contributed by atoms with Crippen LogP contribution in [0.15, 0.2) is 54.6 Å². The quantitative estimate of drug-likeness (QED) is 0.534. The van der Waals surface area contributed by atoms with Gasteiger partial charge in [0.1, 0.15) is 0 Å². The maximum Gasteiger partial charge on any atom is 0.271 e. The first-order chi connectivity index (χ1) is 10.6. The Morgan fingerprint density at radius 2 is 1.68 bits per heavy atom. The van der Waals surface area contributed by atoms with Crippen LogP contribution in [0.4, 0.5) is 11.4 Å². The van der Waals surface area contributed by atoms with Crippen LogP contribution < -0.4 is 5.32 Å². The molecule has 0 unspecified atom stereocenters. The van der Waals surface area contributed by atoms with Crippen molar-refractivity contribution in [2.45, 2.75) is 0 Å². The Balaban J connectivity index is 2.00. The van der Waals surface area contributed by atoms with Crippen molar-refractivity contribution >= 4 is 28.6 Å². The summed E-state index contributed by atoms with van der Waals surface area (Å²) in [6.07, 6.45) is 1.21. The lowest BCUT2D eigenvalue weighted by Gasteiger charge is -2.17. The van der Waals surface area contributed by atoms with Gasteiger partial charge in [-0.25, -0.2) is 0 Å². The molecule has 0 aromatic heterocycles. The van der Waals surface area contributed by atoms with Crippen LogP contribution in [0.1, 0.15) is 15.9 Å². The fraction of sp³-hybridized carbons (Fsp3) is 0. The van der Waals surface area contributed by atoms with Gasteiger partial charge in [-0.3, -0.25) is 19.7 Å². The lowest BCUT2D eigenvalue weighted by Crippen LogP contribution is -2.20. The summed E-state index contributed by atoms with van der Waals surface area (Å²) >= 11 is 0. The Kier molecular flexibility index (Phi) is 3.27. The number of anilines is 1. The Morgan fingerprint density at radius 3 is 2.41 bits per heavy atom. The third-order valence-corrected chi connectivity index (χ3v) is 3.30. The molecule has 0 bridgehead atoms. The molecule has 1 aliphatic carbocycles. The first-order valence-electron chi connectivity index (χ1n) is 6.47.